The smallest absolute Gasteiger partial charge is 0.330 e. The van der Waals surface area contributed by atoms with E-state index in [1.807, 2.05) is 42.5 Å². The standard InChI is InChI=1S/C24H21F3N2O2/c1-2-29(16-22(30)28-21-11-7-6-10-20(21)24(25,26)27)23(31)19-14-12-18(13-15-19)17-8-4-3-5-9-17/h3-15H,2,16H2,1H3,(H,28,30). The normalized spacial score (nSPS) is 11.1. The van der Waals surface area contributed by atoms with E-state index in [2.05, 4.69) is 5.32 Å². The van der Waals surface area contributed by atoms with Gasteiger partial charge in [-0.15, -0.1) is 0 Å². The number of carbonyl (C=O) groups is 2. The average molecular weight is 426 g/mol. The van der Waals surface area contributed by atoms with Crippen LogP contribution >= 0.6 is 0 Å². The molecule has 0 atom stereocenters. The molecule has 160 valence electrons. The highest BCUT2D eigenvalue weighted by Crippen LogP contribution is 2.34. The van der Waals surface area contributed by atoms with Gasteiger partial charge >= 0.3 is 6.18 Å². The molecule has 0 heterocycles. The molecule has 0 aliphatic rings. The lowest BCUT2D eigenvalue weighted by Gasteiger charge is -2.21. The Morgan fingerprint density at radius 1 is 0.839 bits per heavy atom. The van der Waals surface area contributed by atoms with Crippen molar-refractivity contribution < 1.29 is 22.8 Å². The summed E-state index contributed by atoms with van der Waals surface area (Å²) in [5.41, 5.74) is 1.08. The van der Waals surface area contributed by atoms with Gasteiger partial charge in [0.1, 0.15) is 6.54 Å². The molecule has 1 N–H and O–H groups in total. The number of hydrogen-bond acceptors (Lipinski definition) is 2. The Morgan fingerprint density at radius 3 is 2.03 bits per heavy atom. The maximum atomic E-state index is 13.1. The fourth-order valence-corrected chi connectivity index (χ4v) is 3.15. The lowest BCUT2D eigenvalue weighted by molar-refractivity contribution is -0.137. The van der Waals surface area contributed by atoms with Gasteiger partial charge in [-0.2, -0.15) is 13.2 Å². The van der Waals surface area contributed by atoms with Crippen LogP contribution in [0.2, 0.25) is 0 Å². The van der Waals surface area contributed by atoms with Gasteiger partial charge < -0.3 is 10.2 Å². The molecule has 0 saturated carbocycles. The minimum absolute atomic E-state index is 0.230. The first-order valence-electron chi connectivity index (χ1n) is 9.70. The summed E-state index contributed by atoms with van der Waals surface area (Å²) in [4.78, 5) is 26.4. The molecule has 0 aromatic heterocycles. The van der Waals surface area contributed by atoms with Crippen LogP contribution in [0, 0.1) is 0 Å². The number of anilines is 1. The van der Waals surface area contributed by atoms with E-state index in [4.69, 9.17) is 0 Å². The molecule has 0 saturated heterocycles. The molecule has 31 heavy (non-hydrogen) atoms. The van der Waals surface area contributed by atoms with Crippen molar-refractivity contribution in [2.24, 2.45) is 0 Å². The monoisotopic (exact) mass is 426 g/mol. The molecule has 4 nitrogen and oxygen atoms in total. The maximum Gasteiger partial charge on any atom is 0.418 e. The molecule has 3 rings (SSSR count). The molecule has 0 fully saturated rings. The van der Waals surface area contributed by atoms with Crippen LogP contribution in [0.4, 0.5) is 18.9 Å². The van der Waals surface area contributed by atoms with Gasteiger partial charge in [0.05, 0.1) is 11.3 Å². The van der Waals surface area contributed by atoms with Gasteiger partial charge in [0.25, 0.3) is 5.91 Å². The summed E-state index contributed by atoms with van der Waals surface area (Å²) < 4.78 is 39.3. The minimum Gasteiger partial charge on any atom is -0.330 e. The van der Waals surface area contributed by atoms with Gasteiger partial charge in [-0.25, -0.2) is 0 Å². The zero-order valence-corrected chi connectivity index (χ0v) is 16.8. The molecule has 7 heteroatoms. The Hall–Kier alpha value is -3.61. The number of benzene rings is 3. The Morgan fingerprint density at radius 2 is 1.42 bits per heavy atom. The fourth-order valence-electron chi connectivity index (χ4n) is 3.15. The third-order valence-electron chi connectivity index (χ3n) is 4.75. The van der Waals surface area contributed by atoms with Crippen LogP contribution < -0.4 is 5.32 Å². The molecule has 2 amide bonds. The quantitative estimate of drug-likeness (QED) is 0.568. The van der Waals surface area contributed by atoms with E-state index in [1.165, 1.54) is 23.1 Å². The molecule has 0 bridgehead atoms. The summed E-state index contributed by atoms with van der Waals surface area (Å²) >= 11 is 0. The second-order valence-corrected chi connectivity index (χ2v) is 6.85. The number of hydrogen-bond donors (Lipinski definition) is 1. The first kappa shape index (κ1) is 22.1. The number of para-hydroxylation sites is 1. The van der Waals surface area contributed by atoms with Gasteiger partial charge in [0, 0.05) is 12.1 Å². The predicted octanol–water partition coefficient (Wildman–Crippen LogP) is 5.47. The largest absolute Gasteiger partial charge is 0.418 e. The van der Waals surface area contributed by atoms with Gasteiger partial charge in [0.2, 0.25) is 5.91 Å². The molecular formula is C24H21F3N2O2. The average Bonchev–Trinajstić information content (AvgIpc) is 2.77. The Balaban J connectivity index is 1.70. The fraction of sp³-hybridized carbons (Fsp3) is 0.167. The van der Waals surface area contributed by atoms with Crippen LogP contribution in [-0.4, -0.2) is 29.8 Å². The molecule has 0 radical (unpaired) electrons. The third-order valence-corrected chi connectivity index (χ3v) is 4.75. The summed E-state index contributed by atoms with van der Waals surface area (Å²) in [7, 11) is 0. The molecule has 0 aliphatic heterocycles. The second kappa shape index (κ2) is 9.47. The van der Waals surface area contributed by atoms with Crippen molar-refractivity contribution in [3.05, 3.63) is 90.0 Å². The zero-order valence-electron chi connectivity index (χ0n) is 16.8. The van der Waals surface area contributed by atoms with E-state index >= 15 is 0 Å². The van der Waals surface area contributed by atoms with Crippen LogP contribution in [0.25, 0.3) is 11.1 Å². The molecule has 0 aliphatic carbocycles. The van der Waals surface area contributed by atoms with Gasteiger partial charge in [-0.1, -0.05) is 54.6 Å². The topological polar surface area (TPSA) is 49.4 Å². The molecule has 3 aromatic carbocycles. The third kappa shape index (κ3) is 5.51. The van der Waals surface area contributed by atoms with Crippen molar-refractivity contribution in [2.45, 2.75) is 13.1 Å². The lowest BCUT2D eigenvalue weighted by Crippen LogP contribution is -2.38. The van der Waals surface area contributed by atoms with E-state index in [0.717, 1.165) is 17.2 Å². The molecule has 3 aromatic rings. The summed E-state index contributed by atoms with van der Waals surface area (Å²) in [5.74, 6) is -1.07. The van der Waals surface area contributed by atoms with Crippen molar-refractivity contribution in [3.8, 4) is 11.1 Å². The zero-order chi connectivity index (χ0) is 22.4. The van der Waals surface area contributed by atoms with E-state index in [9.17, 15) is 22.8 Å². The number of nitrogens with one attached hydrogen (secondary N) is 1. The highest BCUT2D eigenvalue weighted by molar-refractivity contribution is 5.99. The van der Waals surface area contributed by atoms with E-state index in [-0.39, 0.29) is 24.7 Å². The van der Waals surface area contributed by atoms with E-state index in [1.54, 1.807) is 19.1 Å². The Labute approximate surface area is 178 Å². The molecule has 0 spiro atoms. The van der Waals surface area contributed by atoms with Gasteiger partial charge in [0.15, 0.2) is 0 Å². The number of halogens is 3. The highest BCUT2D eigenvalue weighted by atomic mass is 19.4. The van der Waals surface area contributed by atoms with Gasteiger partial charge in [-0.05, 0) is 42.3 Å². The summed E-state index contributed by atoms with van der Waals surface area (Å²) in [6.07, 6.45) is -4.59. The number of amides is 2. The van der Waals surface area contributed by atoms with Crippen molar-refractivity contribution in [2.75, 3.05) is 18.4 Å². The summed E-state index contributed by atoms with van der Waals surface area (Å²) in [6.45, 7) is 1.57. The van der Waals surface area contributed by atoms with Crippen LogP contribution in [0.5, 0.6) is 0 Å². The first-order chi connectivity index (χ1) is 14.8. The maximum absolute atomic E-state index is 13.1. The number of carbonyl (C=O) groups excluding carboxylic acids is 2. The van der Waals surface area contributed by atoms with Crippen molar-refractivity contribution in [1.82, 2.24) is 4.90 Å². The van der Waals surface area contributed by atoms with Crippen LogP contribution in [0.15, 0.2) is 78.9 Å². The number of alkyl halides is 3. The number of rotatable bonds is 6. The number of likely N-dealkylation sites (N-methyl/N-ethyl adjacent to an activating group) is 1. The predicted molar refractivity (Wildman–Crippen MR) is 114 cm³/mol. The highest BCUT2D eigenvalue weighted by Gasteiger charge is 2.33. The summed E-state index contributed by atoms with van der Waals surface area (Å²) in [5, 5.41) is 2.27. The number of nitrogens with zero attached hydrogens (tertiary/aromatic N) is 1. The van der Waals surface area contributed by atoms with E-state index < -0.39 is 17.6 Å². The van der Waals surface area contributed by atoms with Crippen molar-refractivity contribution in [3.63, 3.8) is 0 Å². The van der Waals surface area contributed by atoms with E-state index in [0.29, 0.717) is 5.56 Å². The first-order valence-corrected chi connectivity index (χ1v) is 9.70. The molecule has 0 unspecified atom stereocenters. The van der Waals surface area contributed by atoms with Crippen molar-refractivity contribution >= 4 is 17.5 Å². The van der Waals surface area contributed by atoms with Crippen LogP contribution in [0.3, 0.4) is 0 Å². The summed E-state index contributed by atoms with van der Waals surface area (Å²) in [6, 6.07) is 21.4. The Bertz CT molecular complexity index is 1050. The van der Waals surface area contributed by atoms with Gasteiger partial charge in [-0.3, -0.25) is 9.59 Å². The second-order valence-electron chi connectivity index (χ2n) is 6.85. The SMILES string of the molecule is CCN(CC(=O)Nc1ccccc1C(F)(F)F)C(=O)c1ccc(-c2ccccc2)cc1. The lowest BCUT2D eigenvalue weighted by atomic mass is 10.0. The van der Waals surface area contributed by atoms with Crippen LogP contribution in [-0.2, 0) is 11.0 Å². The Kier molecular flexibility index (Phi) is 6.74. The van der Waals surface area contributed by atoms with Crippen LogP contribution in [0.1, 0.15) is 22.8 Å². The minimum atomic E-state index is -4.59. The van der Waals surface area contributed by atoms with Crippen molar-refractivity contribution in [1.29, 1.82) is 0 Å². The molecular weight excluding hydrogens is 405 g/mol.